The van der Waals surface area contributed by atoms with Crippen molar-refractivity contribution in [1.82, 2.24) is 0 Å². The Kier molecular flexibility index (Phi) is 8.18. The molecule has 0 saturated carbocycles. The van der Waals surface area contributed by atoms with Crippen molar-refractivity contribution in [3.63, 3.8) is 0 Å². The zero-order chi connectivity index (χ0) is 17.3. The lowest BCUT2D eigenvalue weighted by Crippen LogP contribution is -2.22. The second-order valence-corrected chi connectivity index (χ2v) is 5.91. The van der Waals surface area contributed by atoms with Gasteiger partial charge in [-0.25, -0.2) is 13.2 Å². The summed E-state index contributed by atoms with van der Waals surface area (Å²) in [5.41, 5.74) is 0. The quantitative estimate of drug-likeness (QED) is 0.475. The number of carbonyl (C=O) groups excluding carboxylic acids is 2. The van der Waals surface area contributed by atoms with Gasteiger partial charge in [-0.1, -0.05) is 13.8 Å². The largest absolute Gasteiger partial charge is 0.516 e. The molecule has 0 amide bonds. The van der Waals surface area contributed by atoms with E-state index in [-0.39, 0.29) is 10.6 Å². The van der Waals surface area contributed by atoms with Gasteiger partial charge in [0.1, 0.15) is 5.75 Å². The van der Waals surface area contributed by atoms with E-state index in [1.54, 1.807) is 0 Å². The van der Waals surface area contributed by atoms with Crippen molar-refractivity contribution in [3.05, 3.63) is 24.3 Å². The first-order valence-electron chi connectivity index (χ1n) is 6.54. The minimum Gasteiger partial charge on any atom is -0.426 e. The molecule has 1 aromatic rings. The van der Waals surface area contributed by atoms with Gasteiger partial charge in [0.25, 0.3) is 0 Å². The van der Waals surface area contributed by atoms with Crippen molar-refractivity contribution in [1.29, 1.82) is 0 Å². The first-order chi connectivity index (χ1) is 10.2. The van der Waals surface area contributed by atoms with E-state index in [1.165, 1.54) is 38.1 Å². The minimum absolute atomic E-state index is 0.103. The van der Waals surface area contributed by atoms with Crippen LogP contribution in [0.2, 0.25) is 0 Å². The smallest absolute Gasteiger partial charge is 0.426 e. The molecule has 22 heavy (non-hydrogen) atoms. The number of hydrogen-bond acceptors (Lipinski definition) is 7. The van der Waals surface area contributed by atoms with Gasteiger partial charge < -0.3 is 14.2 Å². The van der Waals surface area contributed by atoms with Crippen molar-refractivity contribution in [2.24, 2.45) is 0 Å². The van der Waals surface area contributed by atoms with E-state index in [0.29, 0.717) is 0 Å². The predicted molar refractivity (Wildman–Crippen MR) is 79.2 cm³/mol. The van der Waals surface area contributed by atoms with Crippen LogP contribution in [0.4, 0.5) is 4.79 Å². The van der Waals surface area contributed by atoms with Crippen LogP contribution in [0.25, 0.3) is 0 Å². The summed E-state index contributed by atoms with van der Waals surface area (Å²) in [4.78, 5) is 22.0. The van der Waals surface area contributed by atoms with Gasteiger partial charge in [-0.15, -0.1) is 0 Å². The maximum Gasteiger partial charge on any atom is 0.516 e. The second-order valence-electron chi connectivity index (χ2n) is 3.89. The molecule has 0 aliphatic carbocycles. The fraction of sp³-hybridized carbons (Fsp3) is 0.429. The van der Waals surface area contributed by atoms with Crippen molar-refractivity contribution < 1.29 is 32.2 Å². The third kappa shape index (κ3) is 7.63. The maximum atomic E-state index is 11.3. The van der Waals surface area contributed by atoms with Crippen LogP contribution in [0.3, 0.4) is 0 Å². The van der Waals surface area contributed by atoms with E-state index >= 15 is 0 Å². The fourth-order valence-corrected chi connectivity index (χ4v) is 1.90. The lowest BCUT2D eigenvalue weighted by Gasteiger charge is -2.12. The summed E-state index contributed by atoms with van der Waals surface area (Å²) < 4.78 is 36.5. The van der Waals surface area contributed by atoms with Crippen molar-refractivity contribution in [2.75, 3.05) is 6.26 Å². The lowest BCUT2D eigenvalue weighted by molar-refractivity contribution is -0.163. The molecule has 0 spiro atoms. The molecule has 8 heteroatoms. The monoisotopic (exact) mass is 332 g/mol. The fourth-order valence-electron chi connectivity index (χ4n) is 1.27. The van der Waals surface area contributed by atoms with Gasteiger partial charge in [0.15, 0.2) is 9.84 Å². The third-order valence-corrected chi connectivity index (χ3v) is 3.18. The van der Waals surface area contributed by atoms with Gasteiger partial charge in [-0.2, -0.15) is 0 Å². The molecule has 0 aliphatic heterocycles. The summed E-state index contributed by atoms with van der Waals surface area (Å²) in [6.45, 7) is 6.53. The molecule has 1 rings (SSSR count). The molecule has 0 aliphatic rings. The number of carbonyl (C=O) groups is 2. The van der Waals surface area contributed by atoms with Crippen molar-refractivity contribution in [3.8, 4) is 5.75 Å². The van der Waals surface area contributed by atoms with Crippen LogP contribution in [-0.2, 0) is 24.1 Å². The first kappa shape index (κ1) is 19.9. The van der Waals surface area contributed by atoms with E-state index in [9.17, 15) is 18.0 Å². The highest BCUT2D eigenvalue weighted by Crippen LogP contribution is 2.16. The molecule has 124 valence electrons. The van der Waals surface area contributed by atoms with Crippen molar-refractivity contribution >= 4 is 22.0 Å². The Bertz CT molecular complexity index is 590. The summed E-state index contributed by atoms with van der Waals surface area (Å²) in [5.74, 6) is -0.486. The molecular weight excluding hydrogens is 312 g/mol. The van der Waals surface area contributed by atoms with Crippen LogP contribution in [0.5, 0.6) is 5.75 Å². The average molecular weight is 332 g/mol. The van der Waals surface area contributed by atoms with Crippen LogP contribution in [0, 0.1) is 0 Å². The van der Waals surface area contributed by atoms with E-state index in [2.05, 4.69) is 9.47 Å². The molecule has 0 fully saturated rings. The van der Waals surface area contributed by atoms with Gasteiger partial charge in [-0.3, -0.25) is 4.79 Å². The Labute approximate surface area is 130 Å². The summed E-state index contributed by atoms with van der Waals surface area (Å²) in [7, 11) is -3.31. The number of ether oxygens (including phenoxy) is 3. The highest BCUT2D eigenvalue weighted by molar-refractivity contribution is 7.90. The maximum absolute atomic E-state index is 11.3. The van der Waals surface area contributed by atoms with Crippen molar-refractivity contribution in [2.45, 2.75) is 38.9 Å². The van der Waals surface area contributed by atoms with Gasteiger partial charge in [0.05, 0.1) is 4.90 Å². The normalized spacial score (nSPS) is 11.5. The lowest BCUT2D eigenvalue weighted by atomic mass is 10.3. The summed E-state index contributed by atoms with van der Waals surface area (Å²) in [6.07, 6.45) is -1.07. The van der Waals surface area contributed by atoms with Crippen LogP contribution in [0.15, 0.2) is 29.2 Å². The van der Waals surface area contributed by atoms with E-state index in [1.807, 2.05) is 13.8 Å². The standard InChI is InChI=1S/C12H14O7S.C2H6/c1-8(13)17-9(2)18-12(14)19-10-4-6-11(7-5-10)20(3,15)16;1-2/h4-7,9H,1-3H3;1-2H3. The summed E-state index contributed by atoms with van der Waals surface area (Å²) >= 11 is 0. The molecule has 0 saturated heterocycles. The number of benzene rings is 1. The highest BCUT2D eigenvalue weighted by atomic mass is 32.2. The number of esters is 1. The van der Waals surface area contributed by atoms with Crippen LogP contribution in [0.1, 0.15) is 27.7 Å². The zero-order valence-electron chi connectivity index (χ0n) is 13.2. The summed E-state index contributed by atoms with van der Waals surface area (Å²) in [6, 6.07) is 5.23. The average Bonchev–Trinajstić information content (AvgIpc) is 2.39. The predicted octanol–water partition coefficient (Wildman–Crippen LogP) is 2.54. The number of hydrogen-bond donors (Lipinski definition) is 0. The number of rotatable bonds is 4. The molecule has 0 heterocycles. The van der Waals surface area contributed by atoms with E-state index in [0.717, 1.165) is 6.26 Å². The third-order valence-electron chi connectivity index (χ3n) is 2.05. The highest BCUT2D eigenvalue weighted by Gasteiger charge is 2.14. The second kappa shape index (κ2) is 9.04. The van der Waals surface area contributed by atoms with Crippen LogP contribution >= 0.6 is 0 Å². The number of sulfone groups is 1. The molecule has 0 radical (unpaired) electrons. The zero-order valence-corrected chi connectivity index (χ0v) is 14.0. The van der Waals surface area contributed by atoms with Gasteiger partial charge >= 0.3 is 12.1 Å². The molecule has 0 bridgehead atoms. The summed E-state index contributed by atoms with van der Waals surface area (Å²) in [5, 5.41) is 0. The van der Waals surface area contributed by atoms with Gasteiger partial charge in [0.2, 0.25) is 6.29 Å². The minimum atomic E-state index is -3.31. The molecule has 0 N–H and O–H groups in total. The molecule has 7 nitrogen and oxygen atoms in total. The Balaban J connectivity index is 0.00000211. The van der Waals surface area contributed by atoms with E-state index < -0.39 is 28.3 Å². The van der Waals surface area contributed by atoms with Gasteiger partial charge in [-0.05, 0) is 24.3 Å². The molecular formula is C14H20O7S. The topological polar surface area (TPSA) is 96.0 Å². The Morgan fingerprint density at radius 3 is 1.95 bits per heavy atom. The molecule has 0 aromatic heterocycles. The Hall–Kier alpha value is -2.09. The first-order valence-corrected chi connectivity index (χ1v) is 8.43. The van der Waals surface area contributed by atoms with Crippen LogP contribution < -0.4 is 4.74 Å². The van der Waals surface area contributed by atoms with Gasteiger partial charge in [0, 0.05) is 20.1 Å². The molecule has 1 atom stereocenters. The Morgan fingerprint density at radius 2 is 1.55 bits per heavy atom. The molecule has 1 unspecified atom stereocenters. The SMILES string of the molecule is CC.CC(=O)OC(C)OC(=O)Oc1ccc(S(C)(=O)=O)cc1. The van der Waals surface area contributed by atoms with E-state index in [4.69, 9.17) is 4.74 Å². The molecule has 1 aromatic carbocycles. The van der Waals surface area contributed by atoms with Crippen LogP contribution in [-0.4, -0.2) is 33.1 Å². The Morgan fingerprint density at radius 1 is 1.05 bits per heavy atom.